The summed E-state index contributed by atoms with van der Waals surface area (Å²) in [5.74, 6) is 1.51. The molecule has 1 aromatic heterocycles. The van der Waals surface area contributed by atoms with E-state index in [1.807, 2.05) is 18.0 Å². The Bertz CT molecular complexity index is 597. The van der Waals surface area contributed by atoms with Gasteiger partial charge in [-0.2, -0.15) is 0 Å². The number of nitrogens with one attached hydrogen (secondary N) is 1. The summed E-state index contributed by atoms with van der Waals surface area (Å²) in [6.07, 6.45) is 3.66. The summed E-state index contributed by atoms with van der Waals surface area (Å²) in [6.45, 7) is 8.68. The van der Waals surface area contributed by atoms with E-state index >= 15 is 0 Å². The molecule has 0 radical (unpaired) electrons. The van der Waals surface area contributed by atoms with E-state index in [4.69, 9.17) is 4.74 Å². The summed E-state index contributed by atoms with van der Waals surface area (Å²) in [4.78, 5) is 30.9. The van der Waals surface area contributed by atoms with E-state index in [1.54, 1.807) is 7.11 Å². The average molecular weight is 350 g/mol. The molecule has 1 aliphatic rings. The van der Waals surface area contributed by atoms with Gasteiger partial charge in [-0.05, 0) is 19.3 Å². The zero-order chi connectivity index (χ0) is 18.4. The molecular formula is C18H30N4O3. The molecule has 1 aliphatic heterocycles. The van der Waals surface area contributed by atoms with Crippen molar-refractivity contribution in [2.24, 2.45) is 5.92 Å². The van der Waals surface area contributed by atoms with Crippen LogP contribution in [0, 0.1) is 5.92 Å². The molecule has 2 amide bonds. The molecule has 0 bridgehead atoms. The molecule has 0 aromatic carbocycles. The highest BCUT2D eigenvalue weighted by Crippen LogP contribution is 2.26. The smallest absolute Gasteiger partial charge is 0.226 e. The predicted molar refractivity (Wildman–Crippen MR) is 95.0 cm³/mol. The van der Waals surface area contributed by atoms with E-state index in [0.29, 0.717) is 32.0 Å². The average Bonchev–Trinajstić information content (AvgIpc) is 2.96. The molecule has 1 N–H and O–H groups in total. The number of ether oxygens (including phenoxy) is 1. The van der Waals surface area contributed by atoms with Gasteiger partial charge >= 0.3 is 0 Å². The van der Waals surface area contributed by atoms with Crippen molar-refractivity contribution < 1.29 is 14.3 Å². The van der Waals surface area contributed by atoms with Crippen LogP contribution in [0.3, 0.4) is 0 Å². The molecule has 0 saturated carbocycles. The zero-order valence-corrected chi connectivity index (χ0v) is 15.7. The number of nitrogens with zero attached hydrogens (tertiary/aromatic N) is 3. The van der Waals surface area contributed by atoms with Gasteiger partial charge in [0.1, 0.15) is 5.82 Å². The zero-order valence-electron chi connectivity index (χ0n) is 15.7. The lowest BCUT2D eigenvalue weighted by Crippen LogP contribution is -2.41. The van der Waals surface area contributed by atoms with Crippen LogP contribution in [0.2, 0.25) is 0 Å². The molecule has 0 spiro atoms. The minimum atomic E-state index is -0.0648. The van der Waals surface area contributed by atoms with Gasteiger partial charge in [0.25, 0.3) is 0 Å². The first kappa shape index (κ1) is 19.4. The van der Waals surface area contributed by atoms with Crippen LogP contribution in [0.15, 0.2) is 6.20 Å². The van der Waals surface area contributed by atoms with Crippen molar-refractivity contribution in [2.75, 3.05) is 26.8 Å². The molecule has 1 atom stereocenters. The number of rotatable bonds is 8. The van der Waals surface area contributed by atoms with Gasteiger partial charge in [0.15, 0.2) is 0 Å². The number of hydrogen-bond acceptors (Lipinski definition) is 4. The minimum Gasteiger partial charge on any atom is -0.383 e. The number of imidazole rings is 1. The summed E-state index contributed by atoms with van der Waals surface area (Å²) in [5, 5.41) is 2.80. The summed E-state index contributed by atoms with van der Waals surface area (Å²) in [5.41, 5.74) is 0.744. The van der Waals surface area contributed by atoms with Gasteiger partial charge in [-0.25, -0.2) is 4.98 Å². The van der Waals surface area contributed by atoms with Gasteiger partial charge in [0, 0.05) is 39.4 Å². The predicted octanol–water partition coefficient (Wildman–Crippen LogP) is 1.53. The first-order chi connectivity index (χ1) is 11.9. The fourth-order valence-corrected chi connectivity index (χ4v) is 3.05. The van der Waals surface area contributed by atoms with Gasteiger partial charge in [-0.3, -0.25) is 9.59 Å². The lowest BCUT2D eigenvalue weighted by molar-refractivity contribution is -0.134. The lowest BCUT2D eigenvalue weighted by atomic mass is 10.1. The Morgan fingerprint density at radius 3 is 2.84 bits per heavy atom. The van der Waals surface area contributed by atoms with E-state index in [1.165, 1.54) is 0 Å². The molecule has 2 heterocycles. The highest BCUT2D eigenvalue weighted by Gasteiger charge is 2.29. The lowest BCUT2D eigenvalue weighted by Gasteiger charge is -2.34. The number of carbonyl (C=O) groups excluding carboxylic acids is 2. The molecule has 140 valence electrons. The normalized spacial score (nSPS) is 16.8. The Labute approximate surface area is 149 Å². The molecule has 0 unspecified atom stereocenters. The SMILES string of the molecule is COCCNC(=O)Cc1cn2c(n1)[C@H](C)N(C(=O)CCC(C)C)CC2. The number of carbonyl (C=O) groups is 2. The van der Waals surface area contributed by atoms with Crippen LogP contribution in [0.5, 0.6) is 0 Å². The van der Waals surface area contributed by atoms with Crippen molar-refractivity contribution in [1.82, 2.24) is 19.8 Å². The molecular weight excluding hydrogens is 320 g/mol. The van der Waals surface area contributed by atoms with Crippen LogP contribution in [0.4, 0.5) is 0 Å². The Hall–Kier alpha value is -1.89. The fourth-order valence-electron chi connectivity index (χ4n) is 3.05. The van der Waals surface area contributed by atoms with Crippen molar-refractivity contribution in [1.29, 1.82) is 0 Å². The highest BCUT2D eigenvalue weighted by atomic mass is 16.5. The van der Waals surface area contributed by atoms with Crippen LogP contribution >= 0.6 is 0 Å². The molecule has 25 heavy (non-hydrogen) atoms. The van der Waals surface area contributed by atoms with Gasteiger partial charge in [0.05, 0.1) is 24.8 Å². The minimum absolute atomic E-state index is 0.0567. The quantitative estimate of drug-likeness (QED) is 0.722. The number of methoxy groups -OCH3 is 1. The second-order valence-corrected chi connectivity index (χ2v) is 7.00. The van der Waals surface area contributed by atoms with Crippen molar-refractivity contribution in [3.8, 4) is 0 Å². The van der Waals surface area contributed by atoms with E-state index in [-0.39, 0.29) is 24.3 Å². The number of fused-ring (bicyclic) bond motifs is 1. The number of aromatic nitrogens is 2. The maximum atomic E-state index is 12.5. The van der Waals surface area contributed by atoms with Crippen LogP contribution in [0.25, 0.3) is 0 Å². The summed E-state index contributed by atoms with van der Waals surface area (Å²) in [7, 11) is 1.60. The first-order valence-corrected chi connectivity index (χ1v) is 9.03. The van der Waals surface area contributed by atoms with Crippen molar-refractivity contribution in [2.45, 2.75) is 52.6 Å². The summed E-state index contributed by atoms with van der Waals surface area (Å²) >= 11 is 0. The molecule has 7 heteroatoms. The maximum absolute atomic E-state index is 12.5. The van der Waals surface area contributed by atoms with Crippen LogP contribution in [-0.2, 0) is 27.3 Å². The monoisotopic (exact) mass is 350 g/mol. The largest absolute Gasteiger partial charge is 0.383 e. The number of hydrogen-bond donors (Lipinski definition) is 1. The standard InChI is InChI=1S/C18H30N4O3/c1-13(2)5-6-17(24)22-9-8-21-12-15(20-18(21)14(22)3)11-16(23)19-7-10-25-4/h12-14H,5-11H2,1-4H3,(H,19,23)/t14-/m0/s1. The highest BCUT2D eigenvalue weighted by molar-refractivity contribution is 5.78. The summed E-state index contributed by atoms with van der Waals surface area (Å²) in [6, 6.07) is -0.0567. The van der Waals surface area contributed by atoms with E-state index in [9.17, 15) is 9.59 Å². The van der Waals surface area contributed by atoms with Crippen molar-refractivity contribution >= 4 is 11.8 Å². The van der Waals surface area contributed by atoms with Gasteiger partial charge in [-0.15, -0.1) is 0 Å². The van der Waals surface area contributed by atoms with Crippen LogP contribution < -0.4 is 5.32 Å². The second-order valence-electron chi connectivity index (χ2n) is 7.00. The molecule has 0 aliphatic carbocycles. The Balaban J connectivity index is 1.96. The Kier molecular flexibility index (Phi) is 6.99. The summed E-state index contributed by atoms with van der Waals surface area (Å²) < 4.78 is 6.98. The molecule has 0 fully saturated rings. The Morgan fingerprint density at radius 2 is 2.16 bits per heavy atom. The maximum Gasteiger partial charge on any atom is 0.226 e. The van der Waals surface area contributed by atoms with Gasteiger partial charge < -0.3 is 19.5 Å². The van der Waals surface area contributed by atoms with E-state index in [0.717, 1.165) is 24.5 Å². The van der Waals surface area contributed by atoms with Gasteiger partial charge in [0.2, 0.25) is 11.8 Å². The molecule has 1 aromatic rings. The second kappa shape index (κ2) is 8.99. The van der Waals surface area contributed by atoms with Crippen LogP contribution in [0.1, 0.15) is 51.2 Å². The van der Waals surface area contributed by atoms with Crippen molar-refractivity contribution in [3.63, 3.8) is 0 Å². The number of amides is 2. The first-order valence-electron chi connectivity index (χ1n) is 9.03. The molecule has 7 nitrogen and oxygen atoms in total. The fraction of sp³-hybridized carbons (Fsp3) is 0.722. The van der Waals surface area contributed by atoms with Crippen LogP contribution in [-0.4, -0.2) is 53.1 Å². The van der Waals surface area contributed by atoms with Gasteiger partial charge in [-0.1, -0.05) is 13.8 Å². The molecule has 0 saturated heterocycles. The molecule has 2 rings (SSSR count). The Morgan fingerprint density at radius 1 is 1.40 bits per heavy atom. The third kappa shape index (κ3) is 5.29. The third-order valence-corrected chi connectivity index (χ3v) is 4.51. The van der Waals surface area contributed by atoms with Crippen molar-refractivity contribution in [3.05, 3.63) is 17.7 Å². The van der Waals surface area contributed by atoms with E-state index in [2.05, 4.69) is 28.7 Å². The van der Waals surface area contributed by atoms with E-state index < -0.39 is 0 Å². The third-order valence-electron chi connectivity index (χ3n) is 4.51. The topological polar surface area (TPSA) is 76.5 Å².